The molecule has 0 unspecified atom stereocenters. The van der Waals surface area contributed by atoms with Gasteiger partial charge in [-0.2, -0.15) is 0 Å². The molecule has 0 spiro atoms. The summed E-state index contributed by atoms with van der Waals surface area (Å²) in [5, 5.41) is 0. The van der Waals surface area contributed by atoms with E-state index < -0.39 is 23.5 Å². The van der Waals surface area contributed by atoms with Gasteiger partial charge in [-0.05, 0) is 58.7 Å². The highest BCUT2D eigenvalue weighted by atomic mass is 19.1. The van der Waals surface area contributed by atoms with Gasteiger partial charge in [-0.3, -0.25) is 9.59 Å². The van der Waals surface area contributed by atoms with Crippen LogP contribution in [0, 0.1) is 11.7 Å². The van der Waals surface area contributed by atoms with Crippen molar-refractivity contribution in [1.82, 2.24) is 0 Å². The molecular weight excluding hydrogens is 299 g/mol. The summed E-state index contributed by atoms with van der Waals surface area (Å²) in [6.45, 7) is 8.81. The maximum absolute atomic E-state index is 13.0. The van der Waals surface area contributed by atoms with Crippen LogP contribution >= 0.6 is 0 Å². The number of hydrogen-bond donors (Lipinski definition) is 0. The SMILES string of the molecule is CC(C)OC(=O)[C@H](CC(=O)OC(C)(C)C)Cc1ccc(F)cc1. The fourth-order valence-corrected chi connectivity index (χ4v) is 2.06. The molecule has 128 valence electrons. The summed E-state index contributed by atoms with van der Waals surface area (Å²) in [6, 6.07) is 5.85. The van der Waals surface area contributed by atoms with Crippen LogP contribution in [-0.4, -0.2) is 23.6 Å². The predicted molar refractivity (Wildman–Crippen MR) is 85.3 cm³/mol. The minimum Gasteiger partial charge on any atom is -0.463 e. The van der Waals surface area contributed by atoms with Gasteiger partial charge in [-0.1, -0.05) is 12.1 Å². The average Bonchev–Trinajstić information content (AvgIpc) is 2.37. The monoisotopic (exact) mass is 324 g/mol. The van der Waals surface area contributed by atoms with Crippen molar-refractivity contribution in [3.05, 3.63) is 35.6 Å². The Morgan fingerprint density at radius 3 is 2.17 bits per heavy atom. The van der Waals surface area contributed by atoms with E-state index in [9.17, 15) is 14.0 Å². The van der Waals surface area contributed by atoms with Gasteiger partial charge in [0, 0.05) is 0 Å². The number of hydrogen-bond acceptors (Lipinski definition) is 4. The summed E-state index contributed by atoms with van der Waals surface area (Å²) in [4.78, 5) is 24.2. The predicted octanol–water partition coefficient (Wildman–Crippen LogP) is 3.67. The molecule has 0 aliphatic rings. The van der Waals surface area contributed by atoms with Crippen molar-refractivity contribution in [1.29, 1.82) is 0 Å². The molecule has 5 heteroatoms. The molecule has 0 saturated heterocycles. The van der Waals surface area contributed by atoms with Crippen LogP contribution in [0.25, 0.3) is 0 Å². The van der Waals surface area contributed by atoms with Crippen molar-refractivity contribution in [2.45, 2.75) is 59.2 Å². The maximum Gasteiger partial charge on any atom is 0.310 e. The second kappa shape index (κ2) is 8.09. The van der Waals surface area contributed by atoms with E-state index in [-0.39, 0.29) is 18.3 Å². The first-order valence-corrected chi connectivity index (χ1v) is 7.73. The molecule has 23 heavy (non-hydrogen) atoms. The topological polar surface area (TPSA) is 52.6 Å². The zero-order chi connectivity index (χ0) is 17.6. The molecule has 1 aromatic rings. The second-order valence-electron chi connectivity index (χ2n) is 6.80. The molecule has 0 N–H and O–H groups in total. The van der Waals surface area contributed by atoms with Crippen molar-refractivity contribution in [2.24, 2.45) is 5.92 Å². The highest BCUT2D eigenvalue weighted by Gasteiger charge is 2.27. The van der Waals surface area contributed by atoms with Crippen LogP contribution in [0.15, 0.2) is 24.3 Å². The molecule has 0 radical (unpaired) electrons. The lowest BCUT2D eigenvalue weighted by Gasteiger charge is -2.22. The van der Waals surface area contributed by atoms with Crippen LogP contribution in [0.5, 0.6) is 0 Å². The molecule has 0 aliphatic carbocycles. The van der Waals surface area contributed by atoms with E-state index >= 15 is 0 Å². The Morgan fingerprint density at radius 2 is 1.70 bits per heavy atom. The third kappa shape index (κ3) is 7.77. The van der Waals surface area contributed by atoms with Crippen LogP contribution in [0.2, 0.25) is 0 Å². The van der Waals surface area contributed by atoms with Gasteiger partial charge in [0.15, 0.2) is 0 Å². The van der Waals surface area contributed by atoms with E-state index in [0.29, 0.717) is 6.42 Å². The van der Waals surface area contributed by atoms with Crippen molar-refractivity contribution in [2.75, 3.05) is 0 Å². The number of carbonyl (C=O) groups is 2. The van der Waals surface area contributed by atoms with Crippen molar-refractivity contribution < 1.29 is 23.5 Å². The number of ether oxygens (including phenoxy) is 2. The Morgan fingerprint density at radius 1 is 1.13 bits per heavy atom. The highest BCUT2D eigenvalue weighted by molar-refractivity contribution is 5.80. The molecule has 0 saturated carbocycles. The molecule has 4 nitrogen and oxygen atoms in total. The molecule has 0 heterocycles. The van der Waals surface area contributed by atoms with E-state index in [2.05, 4.69) is 0 Å². The van der Waals surface area contributed by atoms with Crippen LogP contribution < -0.4 is 0 Å². The van der Waals surface area contributed by atoms with Gasteiger partial charge >= 0.3 is 11.9 Å². The van der Waals surface area contributed by atoms with Gasteiger partial charge in [0.1, 0.15) is 11.4 Å². The largest absolute Gasteiger partial charge is 0.463 e. The van der Waals surface area contributed by atoms with E-state index in [0.717, 1.165) is 5.56 Å². The first-order chi connectivity index (χ1) is 10.6. The van der Waals surface area contributed by atoms with Crippen LogP contribution in [0.3, 0.4) is 0 Å². The fraction of sp³-hybridized carbons (Fsp3) is 0.556. The average molecular weight is 324 g/mol. The van der Waals surface area contributed by atoms with Gasteiger partial charge in [0.2, 0.25) is 0 Å². The third-order valence-corrected chi connectivity index (χ3v) is 2.91. The Labute approximate surface area is 137 Å². The minimum absolute atomic E-state index is 0.0692. The summed E-state index contributed by atoms with van der Waals surface area (Å²) in [7, 11) is 0. The lowest BCUT2D eigenvalue weighted by molar-refractivity contribution is -0.163. The van der Waals surface area contributed by atoms with Crippen molar-refractivity contribution in [3.8, 4) is 0 Å². The summed E-state index contributed by atoms with van der Waals surface area (Å²) >= 11 is 0. The fourth-order valence-electron chi connectivity index (χ4n) is 2.06. The smallest absolute Gasteiger partial charge is 0.310 e. The molecule has 0 fully saturated rings. The van der Waals surface area contributed by atoms with Crippen LogP contribution in [-0.2, 0) is 25.5 Å². The van der Waals surface area contributed by atoms with E-state index in [4.69, 9.17) is 9.47 Å². The highest BCUT2D eigenvalue weighted by Crippen LogP contribution is 2.18. The normalized spacial score (nSPS) is 12.8. The van der Waals surface area contributed by atoms with E-state index in [1.165, 1.54) is 12.1 Å². The number of esters is 2. The molecule has 0 amide bonds. The molecule has 0 bridgehead atoms. The lowest BCUT2D eigenvalue weighted by atomic mass is 9.96. The Hall–Kier alpha value is -1.91. The zero-order valence-electron chi connectivity index (χ0n) is 14.4. The molecular formula is C18H25FO4. The van der Waals surface area contributed by atoms with Gasteiger partial charge < -0.3 is 9.47 Å². The van der Waals surface area contributed by atoms with Crippen molar-refractivity contribution in [3.63, 3.8) is 0 Å². The summed E-state index contributed by atoms with van der Waals surface area (Å²) < 4.78 is 23.5. The summed E-state index contributed by atoms with van der Waals surface area (Å²) in [6.07, 6.45) is -0.0393. The quantitative estimate of drug-likeness (QED) is 0.749. The minimum atomic E-state index is -0.655. The van der Waals surface area contributed by atoms with Gasteiger partial charge in [0.05, 0.1) is 18.4 Å². The summed E-state index contributed by atoms with van der Waals surface area (Å²) in [5.41, 5.74) is 0.153. The van der Waals surface area contributed by atoms with E-state index in [1.54, 1.807) is 46.8 Å². The molecule has 0 aliphatic heterocycles. The number of halogens is 1. The van der Waals surface area contributed by atoms with E-state index in [1.807, 2.05) is 0 Å². The van der Waals surface area contributed by atoms with Gasteiger partial charge in [-0.25, -0.2) is 4.39 Å². The summed E-state index contributed by atoms with van der Waals surface area (Å²) in [5.74, 6) is -1.90. The van der Waals surface area contributed by atoms with Gasteiger partial charge in [0.25, 0.3) is 0 Å². The maximum atomic E-state index is 13.0. The number of rotatable bonds is 6. The van der Waals surface area contributed by atoms with Crippen LogP contribution in [0.1, 0.15) is 46.6 Å². The first-order valence-electron chi connectivity index (χ1n) is 7.73. The van der Waals surface area contributed by atoms with Gasteiger partial charge in [-0.15, -0.1) is 0 Å². The molecule has 1 atom stereocenters. The lowest BCUT2D eigenvalue weighted by Crippen LogP contribution is -2.30. The first kappa shape index (κ1) is 19.1. The standard InChI is InChI=1S/C18H25FO4/c1-12(2)22-17(21)14(11-16(20)23-18(3,4)5)10-13-6-8-15(19)9-7-13/h6-9,12,14H,10-11H2,1-5H3/t14-/m0/s1. The molecule has 0 aromatic heterocycles. The second-order valence-corrected chi connectivity index (χ2v) is 6.80. The van der Waals surface area contributed by atoms with Crippen LogP contribution in [0.4, 0.5) is 4.39 Å². The molecule has 1 aromatic carbocycles. The van der Waals surface area contributed by atoms with Crippen molar-refractivity contribution >= 4 is 11.9 Å². The number of benzene rings is 1. The third-order valence-electron chi connectivity index (χ3n) is 2.91. The Bertz CT molecular complexity index is 529. The number of carbonyl (C=O) groups excluding carboxylic acids is 2. The Kier molecular flexibility index (Phi) is 6.73. The Balaban J connectivity index is 2.82. The zero-order valence-corrected chi connectivity index (χ0v) is 14.4. The molecule has 1 rings (SSSR count).